The quantitative estimate of drug-likeness (QED) is 0.642. The van der Waals surface area contributed by atoms with Crippen LogP contribution in [0.25, 0.3) is 0 Å². The van der Waals surface area contributed by atoms with Gasteiger partial charge in [-0.1, -0.05) is 12.1 Å². The first-order chi connectivity index (χ1) is 14.9. The van der Waals surface area contributed by atoms with Gasteiger partial charge in [-0.15, -0.1) is 6.58 Å². The fourth-order valence-electron chi connectivity index (χ4n) is 3.34. The molecule has 2 aromatic carbocycles. The molecule has 3 rings (SSSR count). The molecule has 7 nitrogen and oxygen atoms in total. The van der Waals surface area contributed by atoms with Crippen molar-refractivity contribution in [1.29, 1.82) is 0 Å². The fraction of sp³-hybridized carbons (Fsp3) is 0.292. The van der Waals surface area contributed by atoms with Crippen LogP contribution in [0.1, 0.15) is 17.5 Å². The molecule has 0 radical (unpaired) electrons. The molecule has 1 fully saturated rings. The van der Waals surface area contributed by atoms with Gasteiger partial charge in [-0.25, -0.2) is 0 Å². The van der Waals surface area contributed by atoms with Crippen molar-refractivity contribution in [1.82, 2.24) is 5.32 Å². The SMILES string of the molecule is C=CCNC(=O)C1CC(=O)N(c2ccc(OCC(=O)Nc3ccc(C)c(C)c3)cc2)C1. The molecule has 1 heterocycles. The van der Waals surface area contributed by atoms with Gasteiger partial charge in [0, 0.05) is 30.9 Å². The minimum Gasteiger partial charge on any atom is -0.484 e. The van der Waals surface area contributed by atoms with Gasteiger partial charge in [-0.3, -0.25) is 14.4 Å². The highest BCUT2D eigenvalue weighted by Crippen LogP contribution is 2.27. The maximum Gasteiger partial charge on any atom is 0.262 e. The van der Waals surface area contributed by atoms with Gasteiger partial charge in [0.1, 0.15) is 5.75 Å². The highest BCUT2D eigenvalue weighted by molar-refractivity contribution is 6.00. The molecule has 0 bridgehead atoms. The molecule has 0 aromatic heterocycles. The molecule has 31 heavy (non-hydrogen) atoms. The number of carbonyl (C=O) groups is 3. The van der Waals surface area contributed by atoms with E-state index in [9.17, 15) is 14.4 Å². The van der Waals surface area contributed by atoms with Crippen LogP contribution in [-0.2, 0) is 14.4 Å². The number of amides is 3. The van der Waals surface area contributed by atoms with E-state index >= 15 is 0 Å². The first-order valence-corrected chi connectivity index (χ1v) is 10.2. The zero-order chi connectivity index (χ0) is 22.4. The average molecular weight is 421 g/mol. The van der Waals surface area contributed by atoms with Crippen LogP contribution in [0.3, 0.4) is 0 Å². The Labute approximate surface area is 182 Å². The third kappa shape index (κ3) is 5.72. The van der Waals surface area contributed by atoms with Gasteiger partial charge in [0.25, 0.3) is 5.91 Å². The fourth-order valence-corrected chi connectivity index (χ4v) is 3.34. The third-order valence-electron chi connectivity index (χ3n) is 5.23. The van der Waals surface area contributed by atoms with E-state index in [4.69, 9.17) is 4.74 Å². The van der Waals surface area contributed by atoms with Gasteiger partial charge < -0.3 is 20.3 Å². The Hall–Kier alpha value is -3.61. The van der Waals surface area contributed by atoms with E-state index in [1.807, 2.05) is 32.0 Å². The maximum absolute atomic E-state index is 12.3. The largest absolute Gasteiger partial charge is 0.484 e. The van der Waals surface area contributed by atoms with Crippen LogP contribution < -0.4 is 20.3 Å². The molecule has 0 saturated carbocycles. The molecule has 3 amide bonds. The Balaban J connectivity index is 1.52. The summed E-state index contributed by atoms with van der Waals surface area (Å²) in [6.07, 6.45) is 1.78. The summed E-state index contributed by atoms with van der Waals surface area (Å²) in [5.74, 6) is -0.357. The smallest absolute Gasteiger partial charge is 0.262 e. The lowest BCUT2D eigenvalue weighted by Gasteiger charge is -2.17. The van der Waals surface area contributed by atoms with Crippen molar-refractivity contribution in [3.05, 3.63) is 66.2 Å². The number of benzene rings is 2. The lowest BCUT2D eigenvalue weighted by atomic mass is 10.1. The van der Waals surface area contributed by atoms with E-state index in [0.29, 0.717) is 24.5 Å². The second-order valence-corrected chi connectivity index (χ2v) is 7.57. The summed E-state index contributed by atoms with van der Waals surface area (Å²) >= 11 is 0. The van der Waals surface area contributed by atoms with Crippen molar-refractivity contribution in [2.45, 2.75) is 20.3 Å². The van der Waals surface area contributed by atoms with Crippen LogP contribution in [0.2, 0.25) is 0 Å². The highest BCUT2D eigenvalue weighted by Gasteiger charge is 2.34. The summed E-state index contributed by atoms with van der Waals surface area (Å²) in [5, 5.41) is 5.54. The number of hydrogen-bond acceptors (Lipinski definition) is 4. The number of rotatable bonds is 8. The van der Waals surface area contributed by atoms with Crippen LogP contribution in [0.15, 0.2) is 55.1 Å². The van der Waals surface area contributed by atoms with Gasteiger partial charge >= 0.3 is 0 Å². The van der Waals surface area contributed by atoms with Gasteiger partial charge in [0.15, 0.2) is 6.61 Å². The second kappa shape index (κ2) is 9.93. The summed E-state index contributed by atoms with van der Waals surface area (Å²) in [6.45, 7) is 8.17. The Morgan fingerprint density at radius 2 is 1.90 bits per heavy atom. The lowest BCUT2D eigenvalue weighted by molar-refractivity contribution is -0.126. The van der Waals surface area contributed by atoms with Gasteiger partial charge in [-0.2, -0.15) is 0 Å². The van der Waals surface area contributed by atoms with Crippen LogP contribution in [0.4, 0.5) is 11.4 Å². The number of ether oxygens (including phenoxy) is 1. The predicted octanol–water partition coefficient (Wildman–Crippen LogP) is 2.98. The normalized spacial score (nSPS) is 15.5. The van der Waals surface area contributed by atoms with Crippen molar-refractivity contribution in [3.63, 3.8) is 0 Å². The number of nitrogens with one attached hydrogen (secondary N) is 2. The number of nitrogens with zero attached hydrogens (tertiary/aromatic N) is 1. The zero-order valence-corrected chi connectivity index (χ0v) is 17.8. The molecule has 1 aliphatic rings. The molecule has 1 aliphatic heterocycles. The summed E-state index contributed by atoms with van der Waals surface area (Å²) in [5.41, 5.74) is 3.68. The van der Waals surface area contributed by atoms with E-state index in [1.165, 1.54) is 0 Å². The standard InChI is InChI=1S/C24H27N3O4/c1-4-11-25-24(30)18-13-23(29)27(14-18)20-7-9-21(10-8-20)31-15-22(28)26-19-6-5-16(2)17(3)12-19/h4-10,12,18H,1,11,13-15H2,2-3H3,(H,25,30)(H,26,28). The highest BCUT2D eigenvalue weighted by atomic mass is 16.5. The predicted molar refractivity (Wildman–Crippen MR) is 120 cm³/mol. The van der Waals surface area contributed by atoms with E-state index in [-0.39, 0.29) is 36.7 Å². The minimum atomic E-state index is -0.377. The van der Waals surface area contributed by atoms with Gasteiger partial charge in [0.2, 0.25) is 11.8 Å². The van der Waals surface area contributed by atoms with E-state index in [1.54, 1.807) is 35.2 Å². The van der Waals surface area contributed by atoms with Crippen LogP contribution in [-0.4, -0.2) is 37.4 Å². The Kier molecular flexibility index (Phi) is 7.07. The first-order valence-electron chi connectivity index (χ1n) is 10.2. The molecule has 1 atom stereocenters. The summed E-state index contributed by atoms with van der Waals surface area (Å²) in [7, 11) is 0. The van der Waals surface area contributed by atoms with Gasteiger partial charge in [0.05, 0.1) is 5.92 Å². The van der Waals surface area contributed by atoms with Crippen molar-refractivity contribution < 1.29 is 19.1 Å². The lowest BCUT2D eigenvalue weighted by Crippen LogP contribution is -2.32. The zero-order valence-electron chi connectivity index (χ0n) is 17.8. The van der Waals surface area contributed by atoms with Crippen LogP contribution in [0, 0.1) is 19.8 Å². The van der Waals surface area contributed by atoms with Crippen molar-refractivity contribution in [2.24, 2.45) is 5.92 Å². The molecule has 2 aromatic rings. The van der Waals surface area contributed by atoms with Crippen LogP contribution >= 0.6 is 0 Å². The molecule has 162 valence electrons. The second-order valence-electron chi connectivity index (χ2n) is 7.57. The molecular weight excluding hydrogens is 394 g/mol. The molecule has 1 saturated heterocycles. The number of anilines is 2. The van der Waals surface area contributed by atoms with Crippen molar-refractivity contribution >= 4 is 29.1 Å². The molecule has 7 heteroatoms. The number of aryl methyl sites for hydroxylation is 2. The van der Waals surface area contributed by atoms with E-state index in [0.717, 1.165) is 16.8 Å². The summed E-state index contributed by atoms with van der Waals surface area (Å²) < 4.78 is 5.55. The van der Waals surface area contributed by atoms with Crippen molar-refractivity contribution in [2.75, 3.05) is 29.9 Å². The Morgan fingerprint density at radius 3 is 2.58 bits per heavy atom. The molecule has 0 spiro atoms. The van der Waals surface area contributed by atoms with Gasteiger partial charge in [-0.05, 0) is 61.4 Å². The van der Waals surface area contributed by atoms with E-state index in [2.05, 4.69) is 17.2 Å². The molecule has 0 aliphatic carbocycles. The average Bonchev–Trinajstić information content (AvgIpc) is 3.15. The molecule has 1 unspecified atom stereocenters. The first kappa shape index (κ1) is 22.1. The Bertz CT molecular complexity index is 985. The summed E-state index contributed by atoms with van der Waals surface area (Å²) in [6, 6.07) is 12.6. The topological polar surface area (TPSA) is 87.7 Å². The minimum absolute atomic E-state index is 0.0970. The Morgan fingerprint density at radius 1 is 1.16 bits per heavy atom. The van der Waals surface area contributed by atoms with Crippen molar-refractivity contribution in [3.8, 4) is 5.75 Å². The van der Waals surface area contributed by atoms with Crippen LogP contribution in [0.5, 0.6) is 5.75 Å². The molecule has 2 N–H and O–H groups in total. The maximum atomic E-state index is 12.3. The number of carbonyl (C=O) groups excluding carboxylic acids is 3. The monoisotopic (exact) mass is 421 g/mol. The molecular formula is C24H27N3O4. The third-order valence-corrected chi connectivity index (χ3v) is 5.23. The van der Waals surface area contributed by atoms with E-state index < -0.39 is 0 Å². The summed E-state index contributed by atoms with van der Waals surface area (Å²) in [4.78, 5) is 38.2. The number of hydrogen-bond donors (Lipinski definition) is 2.